The number of piperidine rings is 1. The summed E-state index contributed by atoms with van der Waals surface area (Å²) in [6.45, 7) is 3.65. The van der Waals surface area contributed by atoms with Gasteiger partial charge in [0.1, 0.15) is 0 Å². The van der Waals surface area contributed by atoms with Crippen LogP contribution in [0.25, 0.3) is 0 Å². The van der Waals surface area contributed by atoms with E-state index in [0.717, 1.165) is 50.9 Å². The highest BCUT2D eigenvalue weighted by Crippen LogP contribution is 2.13. The maximum Gasteiger partial charge on any atom is 0.253 e. The van der Waals surface area contributed by atoms with Crippen molar-refractivity contribution in [1.29, 1.82) is 0 Å². The highest BCUT2D eigenvalue weighted by Gasteiger charge is 2.28. The number of nitrogens with one attached hydrogen (secondary N) is 1. The second-order valence-electron chi connectivity index (χ2n) is 6.34. The molecule has 0 aromatic heterocycles. The molecular formula is C18H26ClN3O2. The quantitative estimate of drug-likeness (QED) is 0.885. The van der Waals surface area contributed by atoms with Crippen LogP contribution in [0.4, 0.5) is 0 Å². The van der Waals surface area contributed by atoms with Gasteiger partial charge < -0.3 is 15.1 Å². The summed E-state index contributed by atoms with van der Waals surface area (Å²) in [6.07, 6.45) is 4.05. The Morgan fingerprint density at radius 3 is 2.33 bits per heavy atom. The molecule has 2 amide bonds. The van der Waals surface area contributed by atoms with Crippen LogP contribution >= 0.6 is 12.4 Å². The van der Waals surface area contributed by atoms with Gasteiger partial charge in [-0.2, -0.15) is 0 Å². The summed E-state index contributed by atoms with van der Waals surface area (Å²) < 4.78 is 0. The minimum Gasteiger partial charge on any atom is -0.340 e. The van der Waals surface area contributed by atoms with Crippen LogP contribution in [0.5, 0.6) is 0 Å². The first kappa shape index (κ1) is 18.7. The molecule has 3 rings (SSSR count). The van der Waals surface area contributed by atoms with Crippen molar-refractivity contribution >= 4 is 24.2 Å². The molecule has 2 heterocycles. The molecule has 1 N–H and O–H groups in total. The van der Waals surface area contributed by atoms with E-state index in [1.807, 2.05) is 40.1 Å². The van der Waals surface area contributed by atoms with Crippen LogP contribution in [0.3, 0.4) is 0 Å². The molecule has 6 heteroatoms. The van der Waals surface area contributed by atoms with Crippen LogP contribution in [0.15, 0.2) is 30.3 Å². The fourth-order valence-corrected chi connectivity index (χ4v) is 3.39. The topological polar surface area (TPSA) is 52.7 Å². The monoisotopic (exact) mass is 351 g/mol. The number of halogens is 1. The number of carbonyl (C=O) groups is 2. The first-order chi connectivity index (χ1) is 11.3. The van der Waals surface area contributed by atoms with Gasteiger partial charge in [-0.1, -0.05) is 24.6 Å². The third-order valence-electron chi connectivity index (χ3n) is 4.72. The van der Waals surface area contributed by atoms with Crippen molar-refractivity contribution in [3.8, 4) is 0 Å². The van der Waals surface area contributed by atoms with E-state index in [2.05, 4.69) is 5.32 Å². The third-order valence-corrected chi connectivity index (χ3v) is 4.72. The molecule has 0 bridgehead atoms. The summed E-state index contributed by atoms with van der Waals surface area (Å²) >= 11 is 0. The lowest BCUT2D eigenvalue weighted by molar-refractivity contribution is -0.133. The lowest BCUT2D eigenvalue weighted by atomic mass is 10.0. The van der Waals surface area contributed by atoms with Crippen molar-refractivity contribution in [2.75, 3.05) is 32.7 Å². The zero-order chi connectivity index (χ0) is 16.1. The minimum atomic E-state index is -0.0277. The zero-order valence-corrected chi connectivity index (χ0v) is 14.8. The van der Waals surface area contributed by atoms with Crippen molar-refractivity contribution in [2.45, 2.75) is 31.7 Å². The smallest absolute Gasteiger partial charge is 0.253 e. The van der Waals surface area contributed by atoms with Crippen molar-refractivity contribution in [3.63, 3.8) is 0 Å². The van der Waals surface area contributed by atoms with Crippen LogP contribution in [0.2, 0.25) is 0 Å². The largest absolute Gasteiger partial charge is 0.340 e. The second kappa shape index (κ2) is 9.04. The van der Waals surface area contributed by atoms with Gasteiger partial charge in [-0.25, -0.2) is 0 Å². The van der Waals surface area contributed by atoms with E-state index in [1.54, 1.807) is 0 Å². The molecule has 132 valence electrons. The summed E-state index contributed by atoms with van der Waals surface area (Å²) in [5, 5.41) is 3.32. The highest BCUT2D eigenvalue weighted by atomic mass is 35.5. The van der Waals surface area contributed by atoms with Gasteiger partial charge in [-0.3, -0.25) is 9.59 Å². The molecule has 0 spiro atoms. The number of nitrogens with zero attached hydrogens (tertiary/aromatic N) is 2. The molecule has 0 radical (unpaired) electrons. The van der Waals surface area contributed by atoms with Crippen molar-refractivity contribution in [3.05, 3.63) is 35.9 Å². The van der Waals surface area contributed by atoms with E-state index in [-0.39, 0.29) is 30.3 Å². The molecule has 1 unspecified atom stereocenters. The lowest BCUT2D eigenvalue weighted by Gasteiger charge is -2.29. The lowest BCUT2D eigenvalue weighted by Crippen LogP contribution is -2.49. The number of amides is 2. The zero-order valence-electron chi connectivity index (χ0n) is 13.9. The van der Waals surface area contributed by atoms with Gasteiger partial charge >= 0.3 is 0 Å². The average Bonchev–Trinajstić information content (AvgIpc) is 2.88. The first-order valence-corrected chi connectivity index (χ1v) is 8.62. The summed E-state index contributed by atoms with van der Waals surface area (Å²) in [5.74, 6) is 0.273. The van der Waals surface area contributed by atoms with E-state index in [9.17, 15) is 9.59 Å². The van der Waals surface area contributed by atoms with Crippen molar-refractivity contribution in [1.82, 2.24) is 15.1 Å². The van der Waals surface area contributed by atoms with Crippen LogP contribution in [-0.4, -0.2) is 60.4 Å². The molecule has 1 atom stereocenters. The maximum atomic E-state index is 12.6. The standard InChI is InChI=1S/C18H25N3O2.ClH/c22-17(15-7-2-1-3-8-15)20-11-6-12-21(14-13-20)18(23)16-9-4-5-10-19-16;/h1-3,7-8,16,19H,4-6,9-14H2;1H. The second-order valence-corrected chi connectivity index (χ2v) is 6.34. The molecular weight excluding hydrogens is 326 g/mol. The fraction of sp³-hybridized carbons (Fsp3) is 0.556. The van der Waals surface area contributed by atoms with Gasteiger partial charge in [0.15, 0.2) is 0 Å². The van der Waals surface area contributed by atoms with Gasteiger partial charge in [0.2, 0.25) is 5.91 Å². The number of hydrogen-bond acceptors (Lipinski definition) is 3. The predicted octanol–water partition coefficient (Wildman–Crippen LogP) is 1.92. The molecule has 1 aromatic rings. The van der Waals surface area contributed by atoms with Crippen LogP contribution in [-0.2, 0) is 4.79 Å². The SMILES string of the molecule is Cl.O=C(c1ccccc1)N1CCCN(C(=O)C2CCCCN2)CC1. The van der Waals surface area contributed by atoms with Crippen molar-refractivity contribution < 1.29 is 9.59 Å². The summed E-state index contributed by atoms with van der Waals surface area (Å²) in [4.78, 5) is 29.0. The highest BCUT2D eigenvalue weighted by molar-refractivity contribution is 5.94. The van der Waals surface area contributed by atoms with Crippen LogP contribution in [0.1, 0.15) is 36.0 Å². The molecule has 0 aliphatic carbocycles. The van der Waals surface area contributed by atoms with Crippen molar-refractivity contribution in [2.24, 2.45) is 0 Å². The molecule has 0 saturated carbocycles. The van der Waals surface area contributed by atoms with Gasteiger partial charge in [-0.05, 0) is 37.9 Å². The van der Waals surface area contributed by atoms with Gasteiger partial charge in [0, 0.05) is 31.7 Å². The minimum absolute atomic E-state index is 0. The van der Waals surface area contributed by atoms with Crippen LogP contribution < -0.4 is 5.32 Å². The van der Waals surface area contributed by atoms with E-state index in [0.29, 0.717) is 13.1 Å². The van der Waals surface area contributed by atoms with Gasteiger partial charge in [-0.15, -0.1) is 12.4 Å². The van der Waals surface area contributed by atoms with E-state index in [4.69, 9.17) is 0 Å². The molecule has 2 aliphatic heterocycles. The number of carbonyl (C=O) groups excluding carboxylic acids is 2. The molecule has 1 aromatic carbocycles. The predicted molar refractivity (Wildman–Crippen MR) is 96.4 cm³/mol. The average molecular weight is 352 g/mol. The molecule has 24 heavy (non-hydrogen) atoms. The Morgan fingerprint density at radius 1 is 0.917 bits per heavy atom. The third kappa shape index (κ3) is 4.48. The summed E-state index contributed by atoms with van der Waals surface area (Å²) in [5.41, 5.74) is 0.723. The van der Waals surface area contributed by atoms with Gasteiger partial charge in [0.05, 0.1) is 6.04 Å². The molecule has 2 fully saturated rings. The Hall–Kier alpha value is -1.59. The van der Waals surface area contributed by atoms with E-state index >= 15 is 0 Å². The number of benzene rings is 1. The molecule has 2 saturated heterocycles. The van der Waals surface area contributed by atoms with Gasteiger partial charge in [0.25, 0.3) is 5.91 Å². The Labute approximate surface area is 149 Å². The first-order valence-electron chi connectivity index (χ1n) is 8.62. The fourth-order valence-electron chi connectivity index (χ4n) is 3.39. The van der Waals surface area contributed by atoms with E-state index in [1.165, 1.54) is 0 Å². The van der Waals surface area contributed by atoms with Crippen LogP contribution in [0, 0.1) is 0 Å². The number of rotatable bonds is 2. The normalized spacial score (nSPS) is 21.6. The Bertz CT molecular complexity index is 546. The maximum absolute atomic E-state index is 12.6. The van der Waals surface area contributed by atoms with E-state index < -0.39 is 0 Å². The Kier molecular flexibility index (Phi) is 7.06. The molecule has 5 nitrogen and oxygen atoms in total. The molecule has 2 aliphatic rings. The Morgan fingerprint density at radius 2 is 1.62 bits per heavy atom. The summed E-state index contributed by atoms with van der Waals surface area (Å²) in [7, 11) is 0. The summed E-state index contributed by atoms with van der Waals surface area (Å²) in [6, 6.07) is 9.35. The Balaban J connectivity index is 0.00000208. The number of hydrogen-bond donors (Lipinski definition) is 1.